The quantitative estimate of drug-likeness (QED) is 0.302. The maximum atomic E-state index is 12.6. The normalized spacial score (nSPS) is 15.0. The van der Waals surface area contributed by atoms with Crippen molar-refractivity contribution >= 4 is 64.9 Å². The van der Waals surface area contributed by atoms with Crippen molar-refractivity contribution in [1.29, 1.82) is 0 Å². The molecule has 3 amide bonds. The summed E-state index contributed by atoms with van der Waals surface area (Å²) in [5, 5.41) is 15.0. The molecule has 2 rings (SSSR count). The molecule has 1 aliphatic heterocycles. The number of hydrogen-bond acceptors (Lipinski definition) is 6. The summed E-state index contributed by atoms with van der Waals surface area (Å²) in [4.78, 5) is 50.6. The molecule has 1 fully saturated rings. The lowest BCUT2D eigenvalue weighted by Gasteiger charge is -2.31. The molecule has 0 aromatic heterocycles. The molecule has 1 saturated heterocycles. The fourth-order valence-electron chi connectivity index (χ4n) is 3.38. The molecule has 1 aliphatic rings. The first kappa shape index (κ1) is 28.8. The Labute approximate surface area is 218 Å². The smallest absolute Gasteiger partial charge is 0.407 e. The molecule has 192 valence electrons. The molecule has 1 aromatic rings. The van der Waals surface area contributed by atoms with Gasteiger partial charge < -0.3 is 25.4 Å². The van der Waals surface area contributed by atoms with Crippen molar-refractivity contribution < 1.29 is 29.0 Å². The van der Waals surface area contributed by atoms with E-state index in [-0.39, 0.29) is 19.1 Å². The third-order valence-corrected chi connectivity index (χ3v) is 7.17. The van der Waals surface area contributed by atoms with E-state index in [4.69, 9.17) is 27.9 Å². The highest BCUT2D eigenvalue weighted by Gasteiger charge is 2.30. The van der Waals surface area contributed by atoms with E-state index < -0.39 is 29.9 Å². The number of rotatable bonds is 10. The number of ether oxygens (including phenoxy) is 1. The number of alkyl carbamates (subject to hydrolysis) is 1. The van der Waals surface area contributed by atoms with Crippen molar-refractivity contribution in [3.05, 3.63) is 33.8 Å². The van der Waals surface area contributed by atoms with Crippen molar-refractivity contribution in [1.82, 2.24) is 15.5 Å². The SMILES string of the molecule is CCCOC(=O)NCC(NC(=O)C1CCN(C(=O)C=Cc2ccc(SC)c(Cl)c2Cl)CC1)C(=O)O. The van der Waals surface area contributed by atoms with Crippen molar-refractivity contribution in [3.8, 4) is 0 Å². The van der Waals surface area contributed by atoms with Gasteiger partial charge in [-0.15, -0.1) is 11.8 Å². The zero-order valence-electron chi connectivity index (χ0n) is 19.5. The first-order valence-corrected chi connectivity index (χ1v) is 13.1. The molecule has 0 saturated carbocycles. The average Bonchev–Trinajstić information content (AvgIpc) is 2.85. The number of nitrogens with one attached hydrogen (secondary N) is 2. The number of halogens is 2. The largest absolute Gasteiger partial charge is 0.480 e. The monoisotopic (exact) mass is 545 g/mol. The lowest BCUT2D eigenvalue weighted by molar-refractivity contribution is -0.142. The van der Waals surface area contributed by atoms with E-state index in [0.29, 0.717) is 48.0 Å². The molecular formula is C23H29Cl2N3O6S. The average molecular weight is 546 g/mol. The van der Waals surface area contributed by atoms with Gasteiger partial charge in [0.15, 0.2) is 0 Å². The van der Waals surface area contributed by atoms with Gasteiger partial charge in [-0.2, -0.15) is 0 Å². The van der Waals surface area contributed by atoms with Crippen LogP contribution in [0.5, 0.6) is 0 Å². The Morgan fingerprint density at radius 2 is 1.91 bits per heavy atom. The number of carboxylic acids is 1. The number of nitrogens with zero attached hydrogens (tertiary/aromatic N) is 1. The Bertz CT molecular complexity index is 967. The summed E-state index contributed by atoms with van der Waals surface area (Å²) >= 11 is 14.0. The van der Waals surface area contributed by atoms with E-state index in [1.807, 2.05) is 19.2 Å². The van der Waals surface area contributed by atoms with E-state index in [2.05, 4.69) is 10.6 Å². The summed E-state index contributed by atoms with van der Waals surface area (Å²) < 4.78 is 4.83. The standard InChI is InChI=1S/C23H29Cl2N3O6S/c1-3-12-34-23(33)26-13-16(22(31)32)27-21(30)15-8-10-28(11-9-15)18(29)7-5-14-4-6-17(35-2)20(25)19(14)24/h4-7,15-16H,3,8-13H2,1-2H3,(H,26,33)(H,27,30)(H,31,32). The highest BCUT2D eigenvalue weighted by atomic mass is 35.5. The third kappa shape index (κ3) is 8.63. The van der Waals surface area contributed by atoms with Gasteiger partial charge in [0, 0.05) is 30.0 Å². The van der Waals surface area contributed by atoms with E-state index in [9.17, 15) is 24.3 Å². The van der Waals surface area contributed by atoms with Crippen LogP contribution in [0.25, 0.3) is 6.08 Å². The third-order valence-electron chi connectivity index (χ3n) is 5.38. The summed E-state index contributed by atoms with van der Waals surface area (Å²) in [6, 6.07) is 2.34. The molecule has 1 aromatic carbocycles. The number of thioether (sulfide) groups is 1. The summed E-state index contributed by atoms with van der Waals surface area (Å²) in [6.07, 6.45) is 5.59. The summed E-state index contributed by atoms with van der Waals surface area (Å²) in [5.41, 5.74) is 0.629. The van der Waals surface area contributed by atoms with Gasteiger partial charge >= 0.3 is 12.1 Å². The van der Waals surface area contributed by atoms with E-state index in [1.54, 1.807) is 17.0 Å². The number of aliphatic carboxylic acids is 1. The van der Waals surface area contributed by atoms with Crippen LogP contribution in [-0.4, -0.2) is 72.4 Å². The minimum atomic E-state index is -1.28. The number of hydrogen-bond donors (Lipinski definition) is 3. The van der Waals surface area contributed by atoms with E-state index in [1.165, 1.54) is 17.8 Å². The second kappa shape index (κ2) is 14.2. The number of benzene rings is 1. The number of amides is 3. The van der Waals surface area contributed by atoms with Crippen LogP contribution in [0.1, 0.15) is 31.7 Å². The maximum absolute atomic E-state index is 12.6. The Morgan fingerprint density at radius 1 is 1.23 bits per heavy atom. The van der Waals surface area contributed by atoms with Gasteiger partial charge in [0.2, 0.25) is 11.8 Å². The fraction of sp³-hybridized carbons (Fsp3) is 0.478. The first-order valence-electron chi connectivity index (χ1n) is 11.1. The van der Waals surface area contributed by atoms with Crippen LogP contribution in [0, 0.1) is 5.92 Å². The van der Waals surface area contributed by atoms with Gasteiger partial charge in [0.05, 0.1) is 23.2 Å². The molecule has 0 aliphatic carbocycles. The number of carboxylic acid groups (broad SMARTS) is 1. The minimum absolute atomic E-state index is 0.216. The van der Waals surface area contributed by atoms with Gasteiger partial charge in [0.1, 0.15) is 6.04 Å². The lowest BCUT2D eigenvalue weighted by Crippen LogP contribution is -2.51. The summed E-state index contributed by atoms with van der Waals surface area (Å²) in [7, 11) is 0. The molecule has 1 heterocycles. The van der Waals surface area contributed by atoms with Crippen LogP contribution in [0.15, 0.2) is 23.1 Å². The fourth-order valence-corrected chi connectivity index (χ4v) is 4.56. The second-order valence-electron chi connectivity index (χ2n) is 7.83. The lowest BCUT2D eigenvalue weighted by atomic mass is 9.95. The van der Waals surface area contributed by atoms with Gasteiger partial charge in [-0.3, -0.25) is 9.59 Å². The van der Waals surface area contributed by atoms with Crippen molar-refractivity contribution in [3.63, 3.8) is 0 Å². The Kier molecular flexibility index (Phi) is 11.7. The Morgan fingerprint density at radius 3 is 2.51 bits per heavy atom. The van der Waals surface area contributed by atoms with Crippen LogP contribution in [-0.2, 0) is 19.1 Å². The number of likely N-dealkylation sites (tertiary alicyclic amines) is 1. The molecule has 12 heteroatoms. The molecule has 1 unspecified atom stereocenters. The Hall–Kier alpha value is -2.43. The highest BCUT2D eigenvalue weighted by Crippen LogP contribution is 2.35. The van der Waals surface area contributed by atoms with Crippen molar-refractivity contribution in [2.45, 2.75) is 37.1 Å². The number of piperidine rings is 1. The van der Waals surface area contributed by atoms with Gasteiger partial charge in [0.25, 0.3) is 0 Å². The van der Waals surface area contributed by atoms with E-state index >= 15 is 0 Å². The van der Waals surface area contributed by atoms with Gasteiger partial charge in [-0.05, 0) is 43.2 Å². The zero-order valence-corrected chi connectivity index (χ0v) is 21.8. The highest BCUT2D eigenvalue weighted by molar-refractivity contribution is 7.98. The predicted molar refractivity (Wildman–Crippen MR) is 136 cm³/mol. The Balaban J connectivity index is 1.86. The second-order valence-corrected chi connectivity index (χ2v) is 9.44. The number of carbonyl (C=O) groups is 4. The van der Waals surface area contributed by atoms with Crippen LogP contribution in [0.2, 0.25) is 10.0 Å². The molecule has 35 heavy (non-hydrogen) atoms. The molecule has 0 radical (unpaired) electrons. The van der Waals surface area contributed by atoms with Gasteiger partial charge in [-0.1, -0.05) is 36.2 Å². The van der Waals surface area contributed by atoms with Crippen LogP contribution < -0.4 is 10.6 Å². The van der Waals surface area contributed by atoms with Crippen LogP contribution >= 0.6 is 35.0 Å². The topological polar surface area (TPSA) is 125 Å². The maximum Gasteiger partial charge on any atom is 0.407 e. The van der Waals surface area contributed by atoms with Gasteiger partial charge in [-0.25, -0.2) is 9.59 Å². The van der Waals surface area contributed by atoms with Crippen LogP contribution in [0.4, 0.5) is 4.79 Å². The summed E-state index contributed by atoms with van der Waals surface area (Å²) in [5.74, 6) is -2.36. The van der Waals surface area contributed by atoms with E-state index in [0.717, 1.165) is 4.90 Å². The number of carbonyl (C=O) groups excluding carboxylic acids is 3. The molecule has 0 bridgehead atoms. The van der Waals surface area contributed by atoms with Crippen molar-refractivity contribution in [2.24, 2.45) is 5.92 Å². The summed E-state index contributed by atoms with van der Waals surface area (Å²) in [6.45, 7) is 2.45. The first-order chi connectivity index (χ1) is 16.7. The zero-order chi connectivity index (χ0) is 26.0. The molecule has 3 N–H and O–H groups in total. The van der Waals surface area contributed by atoms with Crippen molar-refractivity contribution in [2.75, 3.05) is 32.5 Å². The molecule has 9 nitrogen and oxygen atoms in total. The molecule has 1 atom stereocenters. The van der Waals surface area contributed by atoms with Crippen LogP contribution in [0.3, 0.4) is 0 Å². The molecular weight excluding hydrogens is 517 g/mol. The minimum Gasteiger partial charge on any atom is -0.480 e. The predicted octanol–water partition coefficient (Wildman–Crippen LogP) is 3.67. The molecule has 0 spiro atoms.